The van der Waals surface area contributed by atoms with E-state index in [1.54, 1.807) is 6.92 Å². The summed E-state index contributed by atoms with van der Waals surface area (Å²) in [5.74, 6) is -0.459. The number of nitrogens with zero attached hydrogens (tertiary/aromatic N) is 3. The Morgan fingerprint density at radius 3 is 2.45 bits per heavy atom. The van der Waals surface area contributed by atoms with Crippen LogP contribution < -0.4 is 9.62 Å². The van der Waals surface area contributed by atoms with Gasteiger partial charge in [-0.3, -0.25) is 24.1 Å². The second kappa shape index (κ2) is 10.8. The molecule has 0 aromatic heterocycles. The summed E-state index contributed by atoms with van der Waals surface area (Å²) in [7, 11) is -3.88. The lowest BCUT2D eigenvalue weighted by Gasteiger charge is -2.30. The quantitative estimate of drug-likeness (QED) is 0.418. The van der Waals surface area contributed by atoms with Crippen LogP contribution in [0.1, 0.15) is 37.3 Å². The molecule has 3 rings (SSSR count). The molecule has 1 saturated heterocycles. The number of amides is 1. The van der Waals surface area contributed by atoms with Gasteiger partial charge in [-0.25, -0.2) is 8.42 Å². The SMILES string of the molecule is CC[C@H](C(=O)NCc1cccc(CN2CCCC2)c1)N(c1cccc([N+](=O)[O-])c1)S(C)(=O)=O. The number of carbonyl (C=O) groups excluding carboxylic acids is 1. The molecule has 1 amide bonds. The van der Waals surface area contributed by atoms with Crippen LogP contribution >= 0.6 is 0 Å². The Morgan fingerprint density at radius 1 is 1.15 bits per heavy atom. The van der Waals surface area contributed by atoms with Gasteiger partial charge in [-0.05, 0) is 49.5 Å². The normalized spacial score (nSPS) is 15.2. The fourth-order valence-corrected chi connectivity index (χ4v) is 5.35. The molecule has 1 aliphatic rings. The molecule has 0 aliphatic carbocycles. The fourth-order valence-electron chi connectivity index (χ4n) is 4.15. The van der Waals surface area contributed by atoms with Crippen molar-refractivity contribution in [2.75, 3.05) is 23.7 Å². The maximum absolute atomic E-state index is 13.0. The van der Waals surface area contributed by atoms with Crippen molar-refractivity contribution in [3.8, 4) is 0 Å². The topological polar surface area (TPSA) is 113 Å². The molecule has 1 fully saturated rings. The van der Waals surface area contributed by atoms with Gasteiger partial charge >= 0.3 is 0 Å². The summed E-state index contributed by atoms with van der Waals surface area (Å²) in [6.45, 7) is 5.02. The first-order valence-corrected chi connectivity index (χ1v) is 12.9. The number of hydrogen-bond acceptors (Lipinski definition) is 6. The smallest absolute Gasteiger partial charge is 0.271 e. The van der Waals surface area contributed by atoms with E-state index in [1.165, 1.54) is 42.7 Å². The van der Waals surface area contributed by atoms with Gasteiger partial charge in [-0.2, -0.15) is 0 Å². The zero-order valence-corrected chi connectivity index (χ0v) is 19.8. The molecular weight excluding hydrogens is 444 g/mol. The van der Waals surface area contributed by atoms with E-state index < -0.39 is 26.9 Å². The van der Waals surface area contributed by atoms with E-state index in [0.29, 0.717) is 0 Å². The molecule has 0 saturated carbocycles. The average molecular weight is 475 g/mol. The third-order valence-electron chi connectivity index (χ3n) is 5.69. The molecule has 1 atom stereocenters. The highest BCUT2D eigenvalue weighted by Crippen LogP contribution is 2.26. The number of nitrogens with one attached hydrogen (secondary N) is 1. The van der Waals surface area contributed by atoms with Gasteiger partial charge in [-0.15, -0.1) is 0 Å². The zero-order valence-electron chi connectivity index (χ0n) is 18.9. The number of hydrogen-bond donors (Lipinski definition) is 1. The van der Waals surface area contributed by atoms with Gasteiger partial charge in [0.25, 0.3) is 5.69 Å². The van der Waals surface area contributed by atoms with Crippen molar-refractivity contribution < 1.29 is 18.1 Å². The van der Waals surface area contributed by atoms with Crippen LogP contribution in [-0.2, 0) is 27.9 Å². The molecule has 2 aromatic carbocycles. The number of carbonyl (C=O) groups is 1. The zero-order chi connectivity index (χ0) is 24.0. The van der Waals surface area contributed by atoms with Crippen LogP contribution in [0, 0.1) is 10.1 Å². The second-order valence-electron chi connectivity index (χ2n) is 8.28. The fraction of sp³-hybridized carbons (Fsp3) is 0.435. The maximum atomic E-state index is 13.0. The number of anilines is 1. The van der Waals surface area contributed by atoms with Crippen LogP contribution in [0.5, 0.6) is 0 Å². The molecular formula is C23H30N4O5S. The van der Waals surface area contributed by atoms with Crippen LogP contribution in [0.2, 0.25) is 0 Å². The van der Waals surface area contributed by atoms with E-state index in [2.05, 4.69) is 22.3 Å². The molecule has 9 nitrogen and oxygen atoms in total. The van der Waals surface area contributed by atoms with Crippen LogP contribution in [0.15, 0.2) is 48.5 Å². The van der Waals surface area contributed by atoms with Gasteiger partial charge in [0.1, 0.15) is 6.04 Å². The summed E-state index contributed by atoms with van der Waals surface area (Å²) in [5.41, 5.74) is 1.94. The van der Waals surface area contributed by atoms with Gasteiger partial charge in [0.15, 0.2) is 0 Å². The van der Waals surface area contributed by atoms with Crippen molar-refractivity contribution >= 4 is 27.3 Å². The number of likely N-dealkylation sites (tertiary alicyclic amines) is 1. The van der Waals surface area contributed by atoms with E-state index in [4.69, 9.17) is 0 Å². The lowest BCUT2D eigenvalue weighted by atomic mass is 10.1. The van der Waals surface area contributed by atoms with Crippen molar-refractivity contribution in [1.82, 2.24) is 10.2 Å². The van der Waals surface area contributed by atoms with Gasteiger partial charge in [0, 0.05) is 25.2 Å². The minimum Gasteiger partial charge on any atom is -0.350 e. The van der Waals surface area contributed by atoms with Crippen LogP contribution in [-0.4, -0.2) is 49.5 Å². The predicted octanol–water partition coefficient (Wildman–Crippen LogP) is 3.05. The largest absolute Gasteiger partial charge is 0.350 e. The average Bonchev–Trinajstić information content (AvgIpc) is 3.28. The van der Waals surface area contributed by atoms with Gasteiger partial charge in [-0.1, -0.05) is 37.3 Å². The maximum Gasteiger partial charge on any atom is 0.271 e. The molecule has 0 radical (unpaired) electrons. The molecule has 33 heavy (non-hydrogen) atoms. The molecule has 178 valence electrons. The second-order valence-corrected chi connectivity index (χ2v) is 10.1. The molecule has 0 spiro atoms. The van der Waals surface area contributed by atoms with Crippen molar-refractivity contribution in [1.29, 1.82) is 0 Å². The Morgan fingerprint density at radius 2 is 1.82 bits per heavy atom. The van der Waals surface area contributed by atoms with E-state index >= 15 is 0 Å². The van der Waals surface area contributed by atoms with Crippen LogP contribution in [0.25, 0.3) is 0 Å². The lowest BCUT2D eigenvalue weighted by Crippen LogP contribution is -2.49. The van der Waals surface area contributed by atoms with Crippen molar-refractivity contribution in [3.63, 3.8) is 0 Å². The van der Waals surface area contributed by atoms with Gasteiger partial charge in [0.2, 0.25) is 15.9 Å². The Kier molecular flexibility index (Phi) is 8.04. The Hall–Kier alpha value is -2.98. The summed E-state index contributed by atoms with van der Waals surface area (Å²) >= 11 is 0. The predicted molar refractivity (Wildman–Crippen MR) is 127 cm³/mol. The Balaban J connectivity index is 1.75. The van der Waals surface area contributed by atoms with Crippen LogP contribution in [0.4, 0.5) is 11.4 Å². The van der Waals surface area contributed by atoms with Crippen molar-refractivity contribution in [2.24, 2.45) is 0 Å². The molecule has 10 heteroatoms. The van der Waals surface area contributed by atoms with E-state index in [1.807, 2.05) is 12.1 Å². The summed E-state index contributed by atoms with van der Waals surface area (Å²) < 4.78 is 26.1. The standard InChI is InChI=1S/C23H30N4O5S/c1-3-22(26(33(2,31)32)20-10-7-11-21(15-20)27(29)30)23(28)24-16-18-8-6-9-19(14-18)17-25-12-4-5-13-25/h6-11,14-15,22H,3-5,12-13,16-17H2,1-2H3,(H,24,28)/t22-/m1/s1. The van der Waals surface area contributed by atoms with Gasteiger partial charge in [0.05, 0.1) is 16.9 Å². The third kappa shape index (κ3) is 6.52. The number of rotatable bonds is 10. The number of benzene rings is 2. The van der Waals surface area contributed by atoms with E-state index in [0.717, 1.165) is 35.8 Å². The molecule has 0 unspecified atom stereocenters. The van der Waals surface area contributed by atoms with Crippen LogP contribution in [0.3, 0.4) is 0 Å². The first-order chi connectivity index (χ1) is 15.7. The molecule has 0 bridgehead atoms. The molecule has 1 N–H and O–H groups in total. The molecule has 2 aromatic rings. The highest BCUT2D eigenvalue weighted by atomic mass is 32.2. The summed E-state index contributed by atoms with van der Waals surface area (Å²) in [6, 6.07) is 12.3. The third-order valence-corrected chi connectivity index (χ3v) is 6.87. The van der Waals surface area contributed by atoms with Gasteiger partial charge < -0.3 is 5.32 Å². The Labute approximate surface area is 194 Å². The van der Waals surface area contributed by atoms with Crippen molar-refractivity contribution in [3.05, 3.63) is 69.8 Å². The minimum absolute atomic E-state index is 0.0845. The summed E-state index contributed by atoms with van der Waals surface area (Å²) in [5, 5.41) is 14.0. The highest BCUT2D eigenvalue weighted by Gasteiger charge is 2.32. The first-order valence-electron chi connectivity index (χ1n) is 11.0. The highest BCUT2D eigenvalue weighted by molar-refractivity contribution is 7.92. The number of sulfonamides is 1. The summed E-state index contributed by atoms with van der Waals surface area (Å²) in [6.07, 6.45) is 3.63. The van der Waals surface area contributed by atoms with E-state index in [9.17, 15) is 23.3 Å². The van der Waals surface area contributed by atoms with E-state index in [-0.39, 0.29) is 24.3 Å². The lowest BCUT2D eigenvalue weighted by molar-refractivity contribution is -0.384. The number of non-ortho nitro benzene ring substituents is 1. The number of nitro groups is 1. The first kappa shape index (κ1) is 24.7. The minimum atomic E-state index is -3.88. The molecule has 1 heterocycles. The summed E-state index contributed by atoms with van der Waals surface area (Å²) in [4.78, 5) is 26.0. The monoisotopic (exact) mass is 474 g/mol. The molecule has 1 aliphatic heterocycles. The van der Waals surface area contributed by atoms with Crippen molar-refractivity contribution in [2.45, 2.75) is 45.3 Å². The number of nitro benzene ring substituents is 1. The Bertz CT molecular complexity index is 1100.